The van der Waals surface area contributed by atoms with Crippen LogP contribution >= 0.6 is 27.5 Å². The van der Waals surface area contributed by atoms with Gasteiger partial charge in [-0.15, -0.1) is 0 Å². The summed E-state index contributed by atoms with van der Waals surface area (Å²) in [4.78, 5) is 16.0. The maximum Gasteiger partial charge on any atom is 0.412 e. The third kappa shape index (κ3) is 3.84. The third-order valence-electron chi connectivity index (χ3n) is 2.37. The van der Waals surface area contributed by atoms with Crippen LogP contribution in [0, 0.1) is 0 Å². The molecule has 1 N–H and O–H groups in total. The second-order valence-electron chi connectivity index (χ2n) is 5.29. The molecular formula is C14H14BrClN2O2. The topological polar surface area (TPSA) is 51.2 Å². The van der Waals surface area contributed by atoms with Gasteiger partial charge < -0.3 is 4.74 Å². The van der Waals surface area contributed by atoms with Crippen LogP contribution in [0.3, 0.4) is 0 Å². The maximum absolute atomic E-state index is 11.7. The predicted octanol–water partition coefficient (Wildman–Crippen LogP) is 5.00. The Morgan fingerprint density at radius 2 is 2.05 bits per heavy atom. The maximum atomic E-state index is 11.7. The smallest absolute Gasteiger partial charge is 0.412 e. The van der Waals surface area contributed by atoms with Crippen LogP contribution in [0.1, 0.15) is 20.8 Å². The van der Waals surface area contributed by atoms with Crippen molar-refractivity contribution in [2.75, 3.05) is 5.32 Å². The zero-order valence-electron chi connectivity index (χ0n) is 11.3. The highest BCUT2D eigenvalue weighted by Crippen LogP contribution is 2.27. The fourth-order valence-corrected chi connectivity index (χ4v) is 2.16. The molecule has 0 spiro atoms. The van der Waals surface area contributed by atoms with Gasteiger partial charge in [0.15, 0.2) is 5.15 Å². The summed E-state index contributed by atoms with van der Waals surface area (Å²) < 4.78 is 6.10. The number of nitrogens with one attached hydrogen (secondary N) is 1. The number of rotatable bonds is 1. The molecule has 2 rings (SSSR count). The first-order valence-corrected chi connectivity index (χ1v) is 7.17. The van der Waals surface area contributed by atoms with Crippen molar-refractivity contribution in [1.82, 2.24) is 4.98 Å². The van der Waals surface area contributed by atoms with Crippen molar-refractivity contribution >= 4 is 50.2 Å². The van der Waals surface area contributed by atoms with Gasteiger partial charge in [-0.1, -0.05) is 33.6 Å². The van der Waals surface area contributed by atoms with E-state index in [1.807, 2.05) is 18.2 Å². The van der Waals surface area contributed by atoms with Crippen LogP contribution in [0.2, 0.25) is 5.15 Å². The van der Waals surface area contributed by atoms with Gasteiger partial charge in [-0.05, 0) is 39.0 Å². The molecule has 0 atom stereocenters. The molecule has 4 nitrogen and oxygen atoms in total. The van der Waals surface area contributed by atoms with Crippen LogP contribution in [0.4, 0.5) is 10.5 Å². The second kappa shape index (κ2) is 5.58. The van der Waals surface area contributed by atoms with Crippen molar-refractivity contribution in [3.63, 3.8) is 0 Å². The Hall–Kier alpha value is -1.33. The Balaban J connectivity index is 2.29. The van der Waals surface area contributed by atoms with Gasteiger partial charge in [-0.2, -0.15) is 0 Å². The van der Waals surface area contributed by atoms with E-state index in [2.05, 4.69) is 26.2 Å². The summed E-state index contributed by atoms with van der Waals surface area (Å²) in [6.07, 6.45) is -0.558. The van der Waals surface area contributed by atoms with Crippen LogP contribution in [-0.2, 0) is 4.74 Å². The minimum Gasteiger partial charge on any atom is -0.444 e. The van der Waals surface area contributed by atoms with E-state index in [1.165, 1.54) is 0 Å². The largest absolute Gasteiger partial charge is 0.444 e. The number of benzene rings is 1. The van der Waals surface area contributed by atoms with Gasteiger partial charge in [0, 0.05) is 9.86 Å². The Morgan fingerprint density at radius 3 is 2.70 bits per heavy atom. The van der Waals surface area contributed by atoms with Gasteiger partial charge >= 0.3 is 6.09 Å². The van der Waals surface area contributed by atoms with E-state index in [0.29, 0.717) is 5.69 Å². The number of hydrogen-bond acceptors (Lipinski definition) is 3. The number of pyridine rings is 1. The number of halogens is 2. The normalized spacial score (nSPS) is 11.4. The van der Waals surface area contributed by atoms with Crippen molar-refractivity contribution < 1.29 is 9.53 Å². The Kier molecular flexibility index (Phi) is 4.20. The predicted molar refractivity (Wildman–Crippen MR) is 84.3 cm³/mol. The number of carbonyl (C=O) groups is 1. The summed E-state index contributed by atoms with van der Waals surface area (Å²) in [5.41, 5.74) is 0.612. The van der Waals surface area contributed by atoms with Crippen LogP contribution in [0.5, 0.6) is 0 Å². The molecule has 0 saturated heterocycles. The number of carbonyl (C=O) groups excluding carboxylic acids is 1. The lowest BCUT2D eigenvalue weighted by Crippen LogP contribution is -2.27. The van der Waals surface area contributed by atoms with E-state index in [-0.39, 0.29) is 5.15 Å². The highest BCUT2D eigenvalue weighted by Gasteiger charge is 2.17. The van der Waals surface area contributed by atoms with E-state index in [0.717, 1.165) is 15.4 Å². The zero-order chi connectivity index (χ0) is 14.9. The van der Waals surface area contributed by atoms with Crippen LogP contribution in [-0.4, -0.2) is 16.7 Å². The molecule has 20 heavy (non-hydrogen) atoms. The van der Waals surface area contributed by atoms with Gasteiger partial charge in [-0.25, -0.2) is 9.78 Å². The van der Waals surface area contributed by atoms with Crippen molar-refractivity contribution in [2.45, 2.75) is 26.4 Å². The van der Waals surface area contributed by atoms with E-state index in [1.54, 1.807) is 26.8 Å². The summed E-state index contributed by atoms with van der Waals surface area (Å²) in [6.45, 7) is 5.39. The molecule has 0 fully saturated rings. The minimum absolute atomic E-state index is 0.224. The lowest BCUT2D eigenvalue weighted by Gasteiger charge is -2.20. The molecule has 106 valence electrons. The standard InChI is InChI=1S/C14H14BrClN2O2/c1-14(2,3)20-13(19)18-11-6-8-4-5-9(15)7-10(8)17-12(11)16/h4-7H,1-3H3,(H,18,19). The van der Waals surface area contributed by atoms with Crippen LogP contribution in [0.15, 0.2) is 28.7 Å². The van der Waals surface area contributed by atoms with Gasteiger partial charge in [0.05, 0.1) is 11.2 Å². The molecular weight excluding hydrogens is 344 g/mol. The third-order valence-corrected chi connectivity index (χ3v) is 3.15. The number of aromatic nitrogens is 1. The Labute approximate surface area is 130 Å². The Bertz CT molecular complexity index is 668. The molecule has 2 aromatic rings. The average Bonchev–Trinajstić information content (AvgIpc) is 2.28. The molecule has 0 aliphatic rings. The lowest BCUT2D eigenvalue weighted by atomic mass is 10.2. The number of fused-ring (bicyclic) bond motifs is 1. The van der Waals surface area contributed by atoms with Crippen LogP contribution in [0.25, 0.3) is 10.9 Å². The van der Waals surface area contributed by atoms with Crippen molar-refractivity contribution in [1.29, 1.82) is 0 Å². The molecule has 1 aromatic carbocycles. The number of hydrogen-bond donors (Lipinski definition) is 1. The molecule has 0 aliphatic heterocycles. The fourth-order valence-electron chi connectivity index (χ4n) is 1.62. The molecule has 0 aliphatic carbocycles. The summed E-state index contributed by atoms with van der Waals surface area (Å²) in [7, 11) is 0. The highest BCUT2D eigenvalue weighted by molar-refractivity contribution is 9.10. The molecule has 0 saturated carbocycles. The van der Waals surface area contributed by atoms with Crippen LogP contribution < -0.4 is 5.32 Å². The SMILES string of the molecule is CC(C)(C)OC(=O)Nc1cc2ccc(Br)cc2nc1Cl. The summed E-state index contributed by atoms with van der Waals surface area (Å²) >= 11 is 9.45. The fraction of sp³-hybridized carbons (Fsp3) is 0.286. The van der Waals surface area contributed by atoms with Crippen molar-refractivity contribution in [2.24, 2.45) is 0 Å². The summed E-state index contributed by atoms with van der Waals surface area (Å²) in [5.74, 6) is 0. The first kappa shape index (κ1) is 15.1. The first-order valence-electron chi connectivity index (χ1n) is 6.00. The number of amides is 1. The quantitative estimate of drug-likeness (QED) is 0.731. The highest BCUT2D eigenvalue weighted by atomic mass is 79.9. The number of anilines is 1. The monoisotopic (exact) mass is 356 g/mol. The Morgan fingerprint density at radius 1 is 1.35 bits per heavy atom. The molecule has 1 amide bonds. The first-order chi connectivity index (χ1) is 9.24. The number of ether oxygens (including phenoxy) is 1. The van der Waals surface area contributed by atoms with Crippen molar-refractivity contribution in [3.05, 3.63) is 33.9 Å². The molecule has 0 unspecified atom stereocenters. The molecule has 6 heteroatoms. The number of nitrogens with zero attached hydrogens (tertiary/aromatic N) is 1. The molecule has 0 bridgehead atoms. The van der Waals surface area contributed by atoms with E-state index >= 15 is 0 Å². The van der Waals surface area contributed by atoms with E-state index < -0.39 is 11.7 Å². The summed E-state index contributed by atoms with van der Waals surface area (Å²) in [5, 5.41) is 3.71. The van der Waals surface area contributed by atoms with Gasteiger partial charge in [0.25, 0.3) is 0 Å². The average molecular weight is 358 g/mol. The second-order valence-corrected chi connectivity index (χ2v) is 6.56. The van der Waals surface area contributed by atoms with Crippen molar-refractivity contribution in [3.8, 4) is 0 Å². The molecule has 1 aromatic heterocycles. The lowest BCUT2D eigenvalue weighted by molar-refractivity contribution is 0.0636. The molecule has 1 heterocycles. The molecule has 0 radical (unpaired) electrons. The van der Waals surface area contributed by atoms with Gasteiger partial charge in [0.1, 0.15) is 5.60 Å². The van der Waals surface area contributed by atoms with Gasteiger partial charge in [0.2, 0.25) is 0 Å². The van der Waals surface area contributed by atoms with E-state index in [4.69, 9.17) is 16.3 Å². The summed E-state index contributed by atoms with van der Waals surface area (Å²) in [6, 6.07) is 7.41. The zero-order valence-corrected chi connectivity index (χ0v) is 13.7. The van der Waals surface area contributed by atoms with Gasteiger partial charge in [-0.3, -0.25) is 5.32 Å². The minimum atomic E-state index is -0.564. The van der Waals surface area contributed by atoms with E-state index in [9.17, 15) is 4.79 Å².